The summed E-state index contributed by atoms with van der Waals surface area (Å²) in [6.07, 6.45) is -4.21. The van der Waals surface area contributed by atoms with Gasteiger partial charge in [0.15, 0.2) is 18.3 Å². The van der Waals surface area contributed by atoms with Gasteiger partial charge >= 0.3 is 29.8 Å². The first-order chi connectivity index (χ1) is 13.5. The Morgan fingerprint density at radius 1 is 0.862 bits per heavy atom. The monoisotopic (exact) mass is 414 g/mol. The Balaban J connectivity index is 3.38. The van der Waals surface area contributed by atoms with E-state index in [2.05, 4.69) is 4.74 Å². The van der Waals surface area contributed by atoms with E-state index in [9.17, 15) is 24.0 Å². The Hall–Kier alpha value is -3.37. The van der Waals surface area contributed by atoms with E-state index in [0.717, 1.165) is 34.8 Å². The maximum Gasteiger partial charge on any atom is 0.373 e. The van der Waals surface area contributed by atoms with Crippen molar-refractivity contribution in [1.29, 1.82) is 0 Å². The molecule has 0 aliphatic rings. The van der Waals surface area contributed by atoms with E-state index in [1.165, 1.54) is 12.1 Å². The minimum atomic E-state index is -1.45. The minimum Gasteiger partial charge on any atom is -0.463 e. The maximum atomic E-state index is 11.6. The van der Waals surface area contributed by atoms with Gasteiger partial charge in [-0.3, -0.25) is 19.2 Å². The van der Waals surface area contributed by atoms with E-state index in [-0.39, 0.29) is 11.5 Å². The SMILES string of the molecule is COC(=O)c1ccc([C@@H](OC(C)=O)[C@H](OC(C)=O)[C@@H](COC(C)=O)OC(C)=O)o1. The number of rotatable bonds is 9. The van der Waals surface area contributed by atoms with Crippen LogP contribution in [0, 0.1) is 0 Å². The second-order valence-corrected chi connectivity index (χ2v) is 5.75. The number of methoxy groups -OCH3 is 1. The van der Waals surface area contributed by atoms with Crippen molar-refractivity contribution in [2.24, 2.45) is 0 Å². The van der Waals surface area contributed by atoms with Crippen LogP contribution in [0.4, 0.5) is 0 Å². The smallest absolute Gasteiger partial charge is 0.373 e. The molecular weight excluding hydrogens is 392 g/mol. The highest BCUT2D eigenvalue weighted by Gasteiger charge is 2.41. The molecular formula is C18H22O11. The number of ether oxygens (including phenoxy) is 5. The van der Waals surface area contributed by atoms with Crippen LogP contribution in [0.15, 0.2) is 16.5 Å². The zero-order valence-electron chi connectivity index (χ0n) is 16.6. The standard InChI is InChI=1S/C18H22O11/c1-9(19)25-8-15(26-10(2)20)17(28-12(4)22)16(27-11(3)21)13-6-7-14(29-13)18(23)24-5/h6-7,15-17H,8H2,1-5H3/t15-,16-,17-/m1/s1. The van der Waals surface area contributed by atoms with Gasteiger partial charge in [-0.2, -0.15) is 0 Å². The first kappa shape index (κ1) is 23.7. The molecule has 0 fully saturated rings. The quantitative estimate of drug-likeness (QED) is 0.423. The normalized spacial score (nSPS) is 13.4. The van der Waals surface area contributed by atoms with E-state index >= 15 is 0 Å². The van der Waals surface area contributed by atoms with Crippen molar-refractivity contribution in [2.75, 3.05) is 13.7 Å². The van der Waals surface area contributed by atoms with Gasteiger partial charge in [-0.15, -0.1) is 0 Å². The first-order valence-corrected chi connectivity index (χ1v) is 8.38. The predicted octanol–water partition coefficient (Wildman–Crippen LogP) is 1.10. The molecule has 160 valence electrons. The Bertz CT molecular complexity index is 764. The summed E-state index contributed by atoms with van der Waals surface area (Å²) in [4.78, 5) is 57.6. The summed E-state index contributed by atoms with van der Waals surface area (Å²) >= 11 is 0. The molecule has 1 rings (SSSR count). The molecule has 0 amide bonds. The highest BCUT2D eigenvalue weighted by atomic mass is 16.6. The summed E-state index contributed by atoms with van der Waals surface area (Å²) in [7, 11) is 1.14. The maximum absolute atomic E-state index is 11.6. The van der Waals surface area contributed by atoms with Crippen LogP contribution in [0.5, 0.6) is 0 Å². The fourth-order valence-electron chi connectivity index (χ4n) is 2.31. The fraction of sp³-hybridized carbons (Fsp3) is 0.500. The van der Waals surface area contributed by atoms with Gasteiger partial charge in [-0.05, 0) is 12.1 Å². The molecule has 0 aliphatic carbocycles. The highest BCUT2D eigenvalue weighted by Crippen LogP contribution is 2.30. The third-order valence-corrected chi connectivity index (χ3v) is 3.32. The number of furan rings is 1. The summed E-state index contributed by atoms with van der Waals surface area (Å²) in [6.45, 7) is 3.90. The van der Waals surface area contributed by atoms with E-state index in [4.69, 9.17) is 23.4 Å². The second kappa shape index (κ2) is 10.8. The van der Waals surface area contributed by atoms with Crippen molar-refractivity contribution < 1.29 is 52.1 Å². The van der Waals surface area contributed by atoms with Crippen molar-refractivity contribution in [1.82, 2.24) is 0 Å². The van der Waals surface area contributed by atoms with Crippen LogP contribution >= 0.6 is 0 Å². The van der Waals surface area contributed by atoms with Crippen LogP contribution in [-0.4, -0.2) is 55.8 Å². The van der Waals surface area contributed by atoms with E-state index in [1.54, 1.807) is 0 Å². The van der Waals surface area contributed by atoms with Crippen LogP contribution < -0.4 is 0 Å². The van der Waals surface area contributed by atoms with Crippen LogP contribution in [0.2, 0.25) is 0 Å². The van der Waals surface area contributed by atoms with Crippen LogP contribution in [0.3, 0.4) is 0 Å². The lowest BCUT2D eigenvalue weighted by Gasteiger charge is -2.30. The minimum absolute atomic E-state index is 0.0909. The van der Waals surface area contributed by atoms with Crippen molar-refractivity contribution in [3.05, 3.63) is 23.7 Å². The molecule has 3 atom stereocenters. The van der Waals surface area contributed by atoms with Gasteiger partial charge in [0.25, 0.3) is 0 Å². The largest absolute Gasteiger partial charge is 0.463 e. The van der Waals surface area contributed by atoms with Crippen LogP contribution in [0.25, 0.3) is 0 Å². The first-order valence-electron chi connectivity index (χ1n) is 8.38. The van der Waals surface area contributed by atoms with Gasteiger partial charge < -0.3 is 28.1 Å². The summed E-state index contributed by atoms with van der Waals surface area (Å²) in [5.41, 5.74) is 0. The summed E-state index contributed by atoms with van der Waals surface area (Å²) in [6, 6.07) is 2.56. The third kappa shape index (κ3) is 7.64. The molecule has 29 heavy (non-hydrogen) atoms. The molecule has 0 aliphatic heterocycles. The lowest BCUT2D eigenvalue weighted by molar-refractivity contribution is -0.191. The average molecular weight is 414 g/mol. The summed E-state index contributed by atoms with van der Waals surface area (Å²) in [5, 5.41) is 0. The number of hydrogen-bond acceptors (Lipinski definition) is 11. The third-order valence-electron chi connectivity index (χ3n) is 3.32. The number of esters is 5. The Morgan fingerprint density at radius 3 is 1.93 bits per heavy atom. The molecule has 11 nitrogen and oxygen atoms in total. The number of hydrogen-bond donors (Lipinski definition) is 0. The molecule has 0 bridgehead atoms. The van der Waals surface area contributed by atoms with Gasteiger partial charge in [0.1, 0.15) is 12.4 Å². The van der Waals surface area contributed by atoms with Crippen molar-refractivity contribution >= 4 is 29.8 Å². The number of carbonyl (C=O) groups excluding carboxylic acids is 5. The molecule has 0 radical (unpaired) electrons. The van der Waals surface area contributed by atoms with Gasteiger partial charge in [0.2, 0.25) is 5.76 Å². The summed E-state index contributed by atoms with van der Waals surface area (Å²) in [5.74, 6) is -4.12. The second-order valence-electron chi connectivity index (χ2n) is 5.75. The topological polar surface area (TPSA) is 145 Å². The van der Waals surface area contributed by atoms with E-state index in [0.29, 0.717) is 0 Å². The zero-order chi connectivity index (χ0) is 22.1. The van der Waals surface area contributed by atoms with Gasteiger partial charge in [-0.25, -0.2) is 4.79 Å². The lowest BCUT2D eigenvalue weighted by atomic mass is 10.1. The van der Waals surface area contributed by atoms with Gasteiger partial charge in [0.05, 0.1) is 7.11 Å². The highest BCUT2D eigenvalue weighted by molar-refractivity contribution is 5.86. The average Bonchev–Trinajstić information content (AvgIpc) is 3.10. The Labute approximate surface area is 166 Å². The van der Waals surface area contributed by atoms with Gasteiger partial charge in [0, 0.05) is 27.7 Å². The fourth-order valence-corrected chi connectivity index (χ4v) is 2.31. The Kier molecular flexibility index (Phi) is 8.84. The molecule has 0 spiro atoms. The van der Waals surface area contributed by atoms with Crippen molar-refractivity contribution in [2.45, 2.75) is 46.0 Å². The molecule has 0 N–H and O–H groups in total. The van der Waals surface area contributed by atoms with E-state index < -0.39 is 54.8 Å². The van der Waals surface area contributed by atoms with Crippen LogP contribution in [-0.2, 0) is 42.9 Å². The van der Waals surface area contributed by atoms with Crippen molar-refractivity contribution in [3.8, 4) is 0 Å². The molecule has 1 heterocycles. The van der Waals surface area contributed by atoms with Crippen molar-refractivity contribution in [3.63, 3.8) is 0 Å². The van der Waals surface area contributed by atoms with E-state index in [1.807, 2.05) is 0 Å². The molecule has 0 saturated carbocycles. The van der Waals surface area contributed by atoms with Gasteiger partial charge in [-0.1, -0.05) is 0 Å². The number of carbonyl (C=O) groups is 5. The molecule has 0 aromatic carbocycles. The molecule has 0 saturated heterocycles. The lowest BCUT2D eigenvalue weighted by Crippen LogP contribution is -2.43. The zero-order valence-corrected chi connectivity index (χ0v) is 16.6. The summed E-state index contributed by atoms with van der Waals surface area (Å²) < 4.78 is 30.3. The van der Waals surface area contributed by atoms with Crippen LogP contribution in [0.1, 0.15) is 50.1 Å². The molecule has 1 aromatic rings. The molecule has 11 heteroatoms. The molecule has 1 aromatic heterocycles. The predicted molar refractivity (Wildman–Crippen MR) is 92.3 cm³/mol. The Morgan fingerprint density at radius 2 is 1.45 bits per heavy atom. The molecule has 0 unspecified atom stereocenters.